The van der Waals surface area contributed by atoms with Crippen LogP contribution in [0.15, 0.2) is 24.3 Å². The van der Waals surface area contributed by atoms with Crippen molar-refractivity contribution >= 4 is 5.91 Å². The molecule has 0 aliphatic carbocycles. The molecular weight excluding hydrogens is 226 g/mol. The first kappa shape index (κ1) is 14.2. The van der Waals surface area contributed by atoms with Gasteiger partial charge in [-0.3, -0.25) is 4.79 Å². The van der Waals surface area contributed by atoms with Gasteiger partial charge in [0.1, 0.15) is 0 Å². The molecule has 0 spiro atoms. The van der Waals surface area contributed by atoms with Crippen molar-refractivity contribution < 1.29 is 4.79 Å². The standard InChI is InChI=1S/C14H19N3O/c1-14(2,3)17-13(18)10-16-9-12-7-5-4-6-11(12)8-15/h4-7,16H,9-10H2,1-3H3,(H,17,18). The van der Waals surface area contributed by atoms with Crippen LogP contribution in [0.4, 0.5) is 0 Å². The van der Waals surface area contributed by atoms with Crippen LogP contribution in [-0.4, -0.2) is 18.0 Å². The Balaban J connectivity index is 2.43. The molecular formula is C14H19N3O. The second-order valence-corrected chi connectivity index (χ2v) is 5.17. The molecule has 0 saturated heterocycles. The Hall–Kier alpha value is -1.86. The van der Waals surface area contributed by atoms with E-state index in [1.807, 2.05) is 39.0 Å². The molecule has 0 bridgehead atoms. The molecule has 2 N–H and O–H groups in total. The lowest BCUT2D eigenvalue weighted by molar-refractivity contribution is -0.121. The van der Waals surface area contributed by atoms with Crippen molar-refractivity contribution in [1.82, 2.24) is 10.6 Å². The molecule has 0 fully saturated rings. The number of rotatable bonds is 4. The average Bonchev–Trinajstić information content (AvgIpc) is 2.27. The van der Waals surface area contributed by atoms with Crippen LogP contribution in [0, 0.1) is 11.3 Å². The Kier molecular flexibility index (Phi) is 4.87. The predicted molar refractivity (Wildman–Crippen MR) is 70.8 cm³/mol. The molecule has 0 aliphatic heterocycles. The minimum atomic E-state index is -0.219. The zero-order valence-corrected chi connectivity index (χ0v) is 11.1. The van der Waals surface area contributed by atoms with E-state index >= 15 is 0 Å². The van der Waals surface area contributed by atoms with Gasteiger partial charge in [-0.05, 0) is 32.4 Å². The molecule has 0 saturated carbocycles. The van der Waals surface area contributed by atoms with Crippen LogP contribution in [0.5, 0.6) is 0 Å². The Morgan fingerprint density at radius 3 is 2.61 bits per heavy atom. The fraction of sp³-hybridized carbons (Fsp3) is 0.429. The van der Waals surface area contributed by atoms with Gasteiger partial charge in [-0.2, -0.15) is 5.26 Å². The summed E-state index contributed by atoms with van der Waals surface area (Å²) >= 11 is 0. The quantitative estimate of drug-likeness (QED) is 0.846. The van der Waals surface area contributed by atoms with Crippen molar-refractivity contribution in [2.45, 2.75) is 32.9 Å². The van der Waals surface area contributed by atoms with Crippen molar-refractivity contribution in [3.8, 4) is 6.07 Å². The first-order chi connectivity index (χ1) is 8.42. The fourth-order valence-corrected chi connectivity index (χ4v) is 1.56. The number of nitrogens with one attached hydrogen (secondary N) is 2. The monoisotopic (exact) mass is 245 g/mol. The molecule has 4 nitrogen and oxygen atoms in total. The van der Waals surface area contributed by atoms with E-state index in [1.54, 1.807) is 6.07 Å². The molecule has 0 unspecified atom stereocenters. The molecule has 1 aromatic rings. The summed E-state index contributed by atoms with van der Waals surface area (Å²) in [6, 6.07) is 9.49. The molecule has 0 heterocycles. The van der Waals surface area contributed by atoms with Gasteiger partial charge in [0.2, 0.25) is 5.91 Å². The van der Waals surface area contributed by atoms with Crippen molar-refractivity contribution in [3.63, 3.8) is 0 Å². The smallest absolute Gasteiger partial charge is 0.234 e. The van der Waals surface area contributed by atoms with Gasteiger partial charge in [-0.15, -0.1) is 0 Å². The van der Waals surface area contributed by atoms with Crippen molar-refractivity contribution in [2.24, 2.45) is 0 Å². The summed E-state index contributed by atoms with van der Waals surface area (Å²) in [5, 5.41) is 14.8. The summed E-state index contributed by atoms with van der Waals surface area (Å²) in [4.78, 5) is 11.6. The van der Waals surface area contributed by atoms with Crippen LogP contribution in [0.2, 0.25) is 0 Å². The minimum Gasteiger partial charge on any atom is -0.350 e. The summed E-state index contributed by atoms with van der Waals surface area (Å²) in [7, 11) is 0. The van der Waals surface area contributed by atoms with Gasteiger partial charge in [0, 0.05) is 12.1 Å². The molecule has 4 heteroatoms. The maximum atomic E-state index is 11.6. The van der Waals surface area contributed by atoms with Crippen LogP contribution in [0.25, 0.3) is 0 Å². The second kappa shape index (κ2) is 6.18. The lowest BCUT2D eigenvalue weighted by atomic mass is 10.1. The maximum absolute atomic E-state index is 11.6. The zero-order chi connectivity index (χ0) is 13.6. The summed E-state index contributed by atoms with van der Waals surface area (Å²) in [6.45, 7) is 6.58. The normalized spacial score (nSPS) is 10.8. The number of benzene rings is 1. The summed E-state index contributed by atoms with van der Waals surface area (Å²) in [6.07, 6.45) is 0. The fourth-order valence-electron chi connectivity index (χ4n) is 1.56. The Morgan fingerprint density at radius 2 is 2.00 bits per heavy atom. The summed E-state index contributed by atoms with van der Waals surface area (Å²) < 4.78 is 0. The molecule has 0 aliphatic rings. The molecule has 1 amide bonds. The first-order valence-corrected chi connectivity index (χ1v) is 5.92. The number of hydrogen-bond donors (Lipinski definition) is 2. The van der Waals surface area contributed by atoms with Crippen molar-refractivity contribution in [1.29, 1.82) is 5.26 Å². The van der Waals surface area contributed by atoms with Crippen LogP contribution in [0.3, 0.4) is 0 Å². The van der Waals surface area contributed by atoms with E-state index in [9.17, 15) is 4.79 Å². The van der Waals surface area contributed by atoms with Crippen LogP contribution >= 0.6 is 0 Å². The molecule has 1 rings (SSSR count). The van der Waals surface area contributed by atoms with E-state index in [4.69, 9.17) is 5.26 Å². The molecule has 0 radical (unpaired) electrons. The lowest BCUT2D eigenvalue weighted by Crippen LogP contribution is -2.44. The highest BCUT2D eigenvalue weighted by atomic mass is 16.2. The summed E-state index contributed by atoms with van der Waals surface area (Å²) in [5.74, 6) is -0.0445. The number of nitriles is 1. The van der Waals surface area contributed by atoms with Gasteiger partial charge in [0.05, 0.1) is 18.2 Å². The van der Waals surface area contributed by atoms with E-state index < -0.39 is 0 Å². The third kappa shape index (κ3) is 4.98. The maximum Gasteiger partial charge on any atom is 0.234 e. The molecule has 96 valence electrons. The second-order valence-electron chi connectivity index (χ2n) is 5.17. The number of hydrogen-bond acceptors (Lipinski definition) is 3. The Morgan fingerprint density at radius 1 is 1.33 bits per heavy atom. The summed E-state index contributed by atoms with van der Waals surface area (Å²) in [5.41, 5.74) is 1.33. The Labute approximate surface area is 108 Å². The molecule has 1 aromatic carbocycles. The van der Waals surface area contributed by atoms with Gasteiger partial charge in [-0.1, -0.05) is 18.2 Å². The van der Waals surface area contributed by atoms with Gasteiger partial charge < -0.3 is 10.6 Å². The zero-order valence-electron chi connectivity index (χ0n) is 11.1. The Bertz CT molecular complexity index is 455. The highest BCUT2D eigenvalue weighted by Crippen LogP contribution is 2.06. The first-order valence-electron chi connectivity index (χ1n) is 5.92. The number of carbonyl (C=O) groups excluding carboxylic acids is 1. The number of nitrogens with zero attached hydrogens (tertiary/aromatic N) is 1. The largest absolute Gasteiger partial charge is 0.350 e. The van der Waals surface area contributed by atoms with Crippen molar-refractivity contribution in [3.05, 3.63) is 35.4 Å². The van der Waals surface area contributed by atoms with E-state index in [1.165, 1.54) is 0 Å². The topological polar surface area (TPSA) is 64.9 Å². The lowest BCUT2D eigenvalue weighted by Gasteiger charge is -2.20. The highest BCUT2D eigenvalue weighted by molar-refractivity contribution is 5.78. The van der Waals surface area contributed by atoms with Gasteiger partial charge in [-0.25, -0.2) is 0 Å². The highest BCUT2D eigenvalue weighted by Gasteiger charge is 2.13. The predicted octanol–water partition coefficient (Wildman–Crippen LogP) is 1.56. The van der Waals surface area contributed by atoms with Crippen LogP contribution in [-0.2, 0) is 11.3 Å². The van der Waals surface area contributed by atoms with Gasteiger partial charge in [0.25, 0.3) is 0 Å². The van der Waals surface area contributed by atoms with Gasteiger partial charge >= 0.3 is 0 Å². The minimum absolute atomic E-state index is 0.0445. The van der Waals surface area contributed by atoms with Crippen LogP contribution < -0.4 is 10.6 Å². The van der Waals surface area contributed by atoms with E-state index in [-0.39, 0.29) is 18.0 Å². The molecule has 0 atom stereocenters. The van der Waals surface area contributed by atoms with Crippen molar-refractivity contribution in [2.75, 3.05) is 6.54 Å². The third-order valence-electron chi connectivity index (χ3n) is 2.25. The average molecular weight is 245 g/mol. The van der Waals surface area contributed by atoms with E-state index in [0.717, 1.165) is 5.56 Å². The number of amides is 1. The van der Waals surface area contributed by atoms with Crippen LogP contribution in [0.1, 0.15) is 31.9 Å². The molecule has 18 heavy (non-hydrogen) atoms. The van der Waals surface area contributed by atoms with E-state index in [2.05, 4.69) is 16.7 Å². The molecule has 0 aromatic heterocycles. The number of carbonyl (C=O) groups is 1. The van der Waals surface area contributed by atoms with E-state index in [0.29, 0.717) is 12.1 Å². The van der Waals surface area contributed by atoms with Gasteiger partial charge in [0.15, 0.2) is 0 Å². The third-order valence-corrected chi connectivity index (χ3v) is 2.25. The SMILES string of the molecule is CC(C)(C)NC(=O)CNCc1ccccc1C#N.